The van der Waals surface area contributed by atoms with Gasteiger partial charge in [-0.15, -0.1) is 0 Å². The topological polar surface area (TPSA) is 29.1 Å². The first kappa shape index (κ1) is 13.2. The van der Waals surface area contributed by atoms with Crippen LogP contribution in [-0.2, 0) is 4.79 Å². The summed E-state index contributed by atoms with van der Waals surface area (Å²) < 4.78 is 1.03. The minimum absolute atomic E-state index is 0.0306. The van der Waals surface area contributed by atoms with Gasteiger partial charge in [0.05, 0.1) is 0 Å². The molecule has 0 aliphatic carbocycles. The highest BCUT2D eigenvalue weighted by molar-refractivity contribution is 9.10. The van der Waals surface area contributed by atoms with E-state index in [9.17, 15) is 4.79 Å². The number of nitrogens with one attached hydrogen (secondary N) is 1. The van der Waals surface area contributed by atoms with E-state index in [1.807, 2.05) is 32.0 Å². The Morgan fingerprint density at radius 1 is 1.31 bits per heavy atom. The number of hydrogen-bond donors (Lipinski definition) is 1. The fraction of sp³-hybridized carbons (Fsp3) is 0.462. The lowest BCUT2D eigenvalue weighted by molar-refractivity contribution is -0.120. The highest BCUT2D eigenvalue weighted by atomic mass is 79.9. The van der Waals surface area contributed by atoms with Crippen LogP contribution >= 0.6 is 15.9 Å². The third-order valence-corrected chi connectivity index (χ3v) is 3.35. The van der Waals surface area contributed by atoms with E-state index in [0.717, 1.165) is 15.7 Å². The van der Waals surface area contributed by atoms with Crippen molar-refractivity contribution in [2.24, 2.45) is 11.8 Å². The van der Waals surface area contributed by atoms with Crippen molar-refractivity contribution >= 4 is 27.5 Å². The molecule has 0 radical (unpaired) electrons. The SMILES string of the molecule is Cc1cc(Br)ccc1NC(=O)C(C)C(C)C. The molecule has 0 saturated heterocycles. The third-order valence-electron chi connectivity index (χ3n) is 2.86. The number of halogens is 1. The lowest BCUT2D eigenvalue weighted by atomic mass is 9.97. The Morgan fingerprint density at radius 2 is 1.94 bits per heavy atom. The highest BCUT2D eigenvalue weighted by Gasteiger charge is 2.17. The van der Waals surface area contributed by atoms with Gasteiger partial charge in [0, 0.05) is 16.1 Å². The van der Waals surface area contributed by atoms with Crippen LogP contribution in [0.15, 0.2) is 22.7 Å². The number of carbonyl (C=O) groups is 1. The first-order valence-corrected chi connectivity index (χ1v) is 6.28. The van der Waals surface area contributed by atoms with Crippen molar-refractivity contribution in [1.82, 2.24) is 0 Å². The van der Waals surface area contributed by atoms with E-state index in [-0.39, 0.29) is 11.8 Å². The lowest BCUT2D eigenvalue weighted by Crippen LogP contribution is -2.24. The van der Waals surface area contributed by atoms with Crippen molar-refractivity contribution < 1.29 is 4.79 Å². The molecule has 1 aromatic rings. The van der Waals surface area contributed by atoms with Gasteiger partial charge >= 0.3 is 0 Å². The molecule has 1 rings (SSSR count). The zero-order chi connectivity index (χ0) is 12.3. The molecule has 0 aliphatic heterocycles. The van der Waals surface area contributed by atoms with E-state index < -0.39 is 0 Å². The second-order valence-electron chi connectivity index (χ2n) is 4.48. The first-order chi connectivity index (χ1) is 7.41. The monoisotopic (exact) mass is 283 g/mol. The standard InChI is InChI=1S/C13H18BrNO/c1-8(2)10(4)13(16)15-12-6-5-11(14)7-9(12)3/h5-8,10H,1-4H3,(H,15,16). The van der Waals surface area contributed by atoms with Crippen LogP contribution in [0, 0.1) is 18.8 Å². The number of amides is 1. The van der Waals surface area contributed by atoms with Crippen LogP contribution in [0.5, 0.6) is 0 Å². The predicted molar refractivity (Wildman–Crippen MR) is 71.5 cm³/mol. The summed E-state index contributed by atoms with van der Waals surface area (Å²) in [7, 11) is 0. The van der Waals surface area contributed by atoms with Crippen LogP contribution in [0.25, 0.3) is 0 Å². The molecular weight excluding hydrogens is 266 g/mol. The Labute approximate surface area is 106 Å². The fourth-order valence-corrected chi connectivity index (χ4v) is 1.79. The summed E-state index contributed by atoms with van der Waals surface area (Å²) in [5.74, 6) is 0.472. The molecule has 0 bridgehead atoms. The number of anilines is 1. The smallest absolute Gasteiger partial charge is 0.227 e. The molecule has 0 aromatic heterocycles. The van der Waals surface area contributed by atoms with Crippen molar-refractivity contribution in [1.29, 1.82) is 0 Å². The van der Waals surface area contributed by atoms with Gasteiger partial charge in [0.1, 0.15) is 0 Å². The van der Waals surface area contributed by atoms with E-state index in [4.69, 9.17) is 0 Å². The van der Waals surface area contributed by atoms with Gasteiger partial charge < -0.3 is 5.32 Å². The zero-order valence-corrected chi connectivity index (χ0v) is 11.8. The molecular formula is C13H18BrNO. The van der Waals surface area contributed by atoms with Gasteiger partial charge in [-0.2, -0.15) is 0 Å². The Kier molecular flexibility index (Phi) is 4.54. The molecule has 1 aromatic carbocycles. The minimum atomic E-state index is 0.0306. The van der Waals surface area contributed by atoms with Gasteiger partial charge in [-0.05, 0) is 36.6 Å². The average molecular weight is 284 g/mol. The number of hydrogen-bond acceptors (Lipinski definition) is 1. The van der Waals surface area contributed by atoms with E-state index in [2.05, 4.69) is 35.1 Å². The molecule has 0 fully saturated rings. The van der Waals surface area contributed by atoms with Gasteiger partial charge in [-0.3, -0.25) is 4.79 Å². The van der Waals surface area contributed by atoms with Crippen molar-refractivity contribution in [2.45, 2.75) is 27.7 Å². The summed E-state index contributed by atoms with van der Waals surface area (Å²) in [6.45, 7) is 8.05. The van der Waals surface area contributed by atoms with Crippen LogP contribution < -0.4 is 5.32 Å². The average Bonchev–Trinajstić information content (AvgIpc) is 2.20. The normalized spacial score (nSPS) is 12.6. The van der Waals surface area contributed by atoms with Crippen molar-refractivity contribution in [3.8, 4) is 0 Å². The maximum absolute atomic E-state index is 11.9. The van der Waals surface area contributed by atoms with E-state index in [1.165, 1.54) is 0 Å². The summed E-state index contributed by atoms with van der Waals surface area (Å²) in [5, 5.41) is 2.96. The number of aryl methyl sites for hydroxylation is 1. The van der Waals surface area contributed by atoms with Crippen LogP contribution in [0.3, 0.4) is 0 Å². The molecule has 1 atom stereocenters. The quantitative estimate of drug-likeness (QED) is 0.893. The Bertz CT molecular complexity index is 388. The molecule has 2 nitrogen and oxygen atoms in total. The van der Waals surface area contributed by atoms with Gasteiger partial charge in [0.2, 0.25) is 5.91 Å². The summed E-state index contributed by atoms with van der Waals surface area (Å²) in [4.78, 5) is 11.9. The van der Waals surface area contributed by atoms with Crippen molar-refractivity contribution in [2.75, 3.05) is 5.32 Å². The van der Waals surface area contributed by atoms with Crippen LogP contribution in [0.2, 0.25) is 0 Å². The fourth-order valence-electron chi connectivity index (χ4n) is 1.32. The molecule has 3 heteroatoms. The largest absolute Gasteiger partial charge is 0.326 e. The molecule has 0 spiro atoms. The van der Waals surface area contributed by atoms with Crippen LogP contribution in [0.4, 0.5) is 5.69 Å². The van der Waals surface area contributed by atoms with Crippen LogP contribution in [0.1, 0.15) is 26.3 Å². The highest BCUT2D eigenvalue weighted by Crippen LogP contribution is 2.21. The van der Waals surface area contributed by atoms with E-state index >= 15 is 0 Å². The summed E-state index contributed by atoms with van der Waals surface area (Å²) >= 11 is 3.40. The molecule has 16 heavy (non-hydrogen) atoms. The number of benzene rings is 1. The second-order valence-corrected chi connectivity index (χ2v) is 5.40. The second kappa shape index (κ2) is 5.48. The molecule has 88 valence electrons. The Hall–Kier alpha value is -0.830. The van der Waals surface area contributed by atoms with Gasteiger partial charge in [-0.1, -0.05) is 36.7 Å². The number of carbonyl (C=O) groups excluding carboxylic acids is 1. The molecule has 1 N–H and O–H groups in total. The van der Waals surface area contributed by atoms with Crippen molar-refractivity contribution in [3.63, 3.8) is 0 Å². The molecule has 0 saturated carbocycles. The van der Waals surface area contributed by atoms with E-state index in [1.54, 1.807) is 0 Å². The number of rotatable bonds is 3. The minimum Gasteiger partial charge on any atom is -0.326 e. The summed E-state index contributed by atoms with van der Waals surface area (Å²) in [6.07, 6.45) is 0. The van der Waals surface area contributed by atoms with Crippen molar-refractivity contribution in [3.05, 3.63) is 28.2 Å². The van der Waals surface area contributed by atoms with Crippen LogP contribution in [-0.4, -0.2) is 5.91 Å². The summed E-state index contributed by atoms with van der Waals surface area (Å²) in [5.41, 5.74) is 1.96. The molecule has 1 amide bonds. The molecule has 0 heterocycles. The third kappa shape index (κ3) is 3.34. The molecule has 0 aliphatic rings. The maximum atomic E-state index is 11.9. The first-order valence-electron chi connectivity index (χ1n) is 5.49. The van der Waals surface area contributed by atoms with E-state index in [0.29, 0.717) is 5.92 Å². The zero-order valence-electron chi connectivity index (χ0n) is 10.2. The molecule has 1 unspecified atom stereocenters. The summed E-state index contributed by atoms with van der Waals surface area (Å²) in [6, 6.07) is 5.85. The predicted octanol–water partition coefficient (Wildman–Crippen LogP) is 3.99. The Balaban J connectivity index is 2.77. The van der Waals surface area contributed by atoms with Gasteiger partial charge in [-0.25, -0.2) is 0 Å². The van der Waals surface area contributed by atoms with Gasteiger partial charge in [0.25, 0.3) is 0 Å². The lowest BCUT2D eigenvalue weighted by Gasteiger charge is -2.16. The van der Waals surface area contributed by atoms with Gasteiger partial charge in [0.15, 0.2) is 0 Å². The Morgan fingerprint density at radius 3 is 2.44 bits per heavy atom. The maximum Gasteiger partial charge on any atom is 0.227 e.